The van der Waals surface area contributed by atoms with Crippen molar-refractivity contribution in [2.75, 3.05) is 10.6 Å². The number of nitrogens with zero attached hydrogens (tertiary/aromatic N) is 1. The van der Waals surface area contributed by atoms with Gasteiger partial charge in [-0.1, -0.05) is 30.3 Å². The molecule has 29 heavy (non-hydrogen) atoms. The van der Waals surface area contributed by atoms with Crippen molar-refractivity contribution >= 4 is 17.3 Å². The normalized spacial score (nSPS) is 12.3. The molecule has 0 fully saturated rings. The second-order valence-corrected chi connectivity index (χ2v) is 6.64. The van der Waals surface area contributed by atoms with Crippen molar-refractivity contribution in [1.82, 2.24) is 4.98 Å². The summed E-state index contributed by atoms with van der Waals surface area (Å²) in [5, 5.41) is 6.05. The Balaban J connectivity index is 1.66. The van der Waals surface area contributed by atoms with Crippen molar-refractivity contribution < 1.29 is 18.0 Å². The molecule has 1 amide bonds. The lowest BCUT2D eigenvalue weighted by Gasteiger charge is -2.16. The molecule has 0 aliphatic carbocycles. The van der Waals surface area contributed by atoms with E-state index in [0.29, 0.717) is 5.69 Å². The summed E-state index contributed by atoms with van der Waals surface area (Å²) in [7, 11) is 0. The number of amides is 1. The van der Waals surface area contributed by atoms with E-state index in [1.54, 1.807) is 12.1 Å². The maximum absolute atomic E-state index is 12.7. The quantitative estimate of drug-likeness (QED) is 0.567. The van der Waals surface area contributed by atoms with E-state index in [4.69, 9.17) is 0 Å². The Morgan fingerprint density at radius 1 is 0.931 bits per heavy atom. The Bertz CT molecular complexity index is 986. The summed E-state index contributed by atoms with van der Waals surface area (Å²) in [6.45, 7) is 3.42. The first-order valence-electron chi connectivity index (χ1n) is 9.02. The van der Waals surface area contributed by atoms with Crippen LogP contribution in [0.1, 0.15) is 40.3 Å². The minimum absolute atomic E-state index is 0.0206. The fourth-order valence-electron chi connectivity index (χ4n) is 2.88. The Labute approximate surface area is 166 Å². The summed E-state index contributed by atoms with van der Waals surface area (Å²) in [5.74, 6) is -0.512. The molecule has 0 bridgehead atoms. The van der Waals surface area contributed by atoms with Crippen molar-refractivity contribution in [2.45, 2.75) is 26.1 Å². The van der Waals surface area contributed by atoms with Gasteiger partial charge in [0.2, 0.25) is 0 Å². The molecule has 0 saturated heterocycles. The molecule has 3 aromatic rings. The highest BCUT2D eigenvalue weighted by Crippen LogP contribution is 2.28. The Hall–Kier alpha value is -3.35. The average Bonchev–Trinajstić information content (AvgIpc) is 2.69. The molecule has 0 spiro atoms. The summed E-state index contributed by atoms with van der Waals surface area (Å²) in [4.78, 5) is 15.9. The molecule has 1 unspecified atom stereocenters. The lowest BCUT2D eigenvalue weighted by molar-refractivity contribution is -0.141. The number of pyridine rings is 1. The molecule has 2 N–H and O–H groups in total. The Kier molecular flexibility index (Phi) is 5.87. The van der Waals surface area contributed by atoms with Crippen LogP contribution in [0.4, 0.5) is 24.5 Å². The van der Waals surface area contributed by atoms with E-state index in [2.05, 4.69) is 15.6 Å². The number of nitrogens with one attached hydrogen (secondary N) is 2. The smallest absolute Gasteiger partial charge is 0.379 e. The van der Waals surface area contributed by atoms with E-state index < -0.39 is 17.8 Å². The molecule has 0 radical (unpaired) electrons. The molecule has 1 atom stereocenters. The molecule has 0 saturated carbocycles. The van der Waals surface area contributed by atoms with Crippen LogP contribution in [-0.4, -0.2) is 10.9 Å². The molecule has 1 heterocycles. The van der Waals surface area contributed by atoms with Gasteiger partial charge in [-0.15, -0.1) is 0 Å². The van der Waals surface area contributed by atoms with Gasteiger partial charge in [-0.05, 0) is 55.8 Å². The number of hydrogen-bond donors (Lipinski definition) is 2. The summed E-state index contributed by atoms with van der Waals surface area (Å²) >= 11 is 0. The van der Waals surface area contributed by atoms with Gasteiger partial charge in [-0.2, -0.15) is 13.2 Å². The lowest BCUT2D eigenvalue weighted by atomic mass is 10.1. The van der Waals surface area contributed by atoms with Crippen LogP contribution in [0.25, 0.3) is 0 Å². The average molecular weight is 399 g/mol. The summed E-state index contributed by atoms with van der Waals surface area (Å²) < 4.78 is 38.1. The minimum Gasteiger partial charge on any atom is -0.379 e. The van der Waals surface area contributed by atoms with Gasteiger partial charge in [0.15, 0.2) is 0 Å². The maximum Gasteiger partial charge on any atom is 0.433 e. The fraction of sp³-hybridized carbons (Fsp3) is 0.182. The van der Waals surface area contributed by atoms with Gasteiger partial charge in [0.05, 0.1) is 11.3 Å². The third-order valence-corrected chi connectivity index (χ3v) is 4.45. The molecule has 0 aliphatic heterocycles. The van der Waals surface area contributed by atoms with Gasteiger partial charge in [0.25, 0.3) is 5.91 Å². The lowest BCUT2D eigenvalue weighted by Crippen LogP contribution is -2.16. The largest absolute Gasteiger partial charge is 0.433 e. The van der Waals surface area contributed by atoms with Crippen molar-refractivity contribution in [3.63, 3.8) is 0 Å². The highest BCUT2D eigenvalue weighted by Gasteiger charge is 2.33. The number of hydrogen-bond acceptors (Lipinski definition) is 3. The predicted molar refractivity (Wildman–Crippen MR) is 107 cm³/mol. The predicted octanol–water partition coefficient (Wildman–Crippen LogP) is 5.83. The van der Waals surface area contributed by atoms with Crippen LogP contribution in [0.15, 0.2) is 66.7 Å². The highest BCUT2D eigenvalue weighted by molar-refractivity contribution is 6.05. The standard InChI is InChI=1S/C22H20F3N3O/c1-14(16-6-4-3-5-7-16)26-17-8-10-18(11-9-17)28-21(29)19-12-13-20(22(23,24)25)27-15(19)2/h3-14,26H,1-2H3,(H,28,29). The second kappa shape index (κ2) is 8.34. The van der Waals surface area contributed by atoms with E-state index in [1.165, 1.54) is 6.92 Å². The fourth-order valence-corrected chi connectivity index (χ4v) is 2.88. The van der Waals surface area contributed by atoms with Crippen molar-refractivity contribution in [2.24, 2.45) is 0 Å². The number of aromatic nitrogens is 1. The number of carbonyl (C=O) groups is 1. The summed E-state index contributed by atoms with van der Waals surface area (Å²) in [5.41, 5.74) is 1.66. The van der Waals surface area contributed by atoms with Crippen LogP contribution < -0.4 is 10.6 Å². The van der Waals surface area contributed by atoms with Crippen LogP contribution in [0, 0.1) is 6.92 Å². The molecule has 7 heteroatoms. The highest BCUT2D eigenvalue weighted by atomic mass is 19.4. The molecule has 2 aromatic carbocycles. The molecule has 0 aliphatic rings. The molecule has 4 nitrogen and oxygen atoms in total. The molecular weight excluding hydrogens is 379 g/mol. The SMILES string of the molecule is Cc1nc(C(F)(F)F)ccc1C(=O)Nc1ccc(NC(C)c2ccccc2)cc1. The monoisotopic (exact) mass is 399 g/mol. The first kappa shape index (κ1) is 20.4. The van der Waals surface area contributed by atoms with Gasteiger partial charge < -0.3 is 10.6 Å². The van der Waals surface area contributed by atoms with Gasteiger partial charge >= 0.3 is 6.18 Å². The summed E-state index contributed by atoms with van der Waals surface area (Å²) in [6, 6.07) is 19.1. The number of carbonyl (C=O) groups excluding carboxylic acids is 1. The number of anilines is 2. The van der Waals surface area contributed by atoms with E-state index >= 15 is 0 Å². The van der Waals surface area contributed by atoms with Crippen LogP contribution in [0.5, 0.6) is 0 Å². The Morgan fingerprint density at radius 3 is 2.14 bits per heavy atom. The molecular formula is C22H20F3N3O. The van der Waals surface area contributed by atoms with E-state index in [0.717, 1.165) is 23.4 Å². The Morgan fingerprint density at radius 2 is 1.55 bits per heavy atom. The van der Waals surface area contributed by atoms with Gasteiger partial charge in [-0.25, -0.2) is 4.98 Å². The number of aryl methyl sites for hydroxylation is 1. The zero-order chi connectivity index (χ0) is 21.0. The van der Waals surface area contributed by atoms with Crippen LogP contribution >= 0.6 is 0 Å². The van der Waals surface area contributed by atoms with Gasteiger partial charge in [0, 0.05) is 17.4 Å². The molecule has 3 rings (SSSR count). The van der Waals surface area contributed by atoms with Crippen LogP contribution in [-0.2, 0) is 6.18 Å². The molecule has 1 aromatic heterocycles. The van der Waals surface area contributed by atoms with E-state index in [9.17, 15) is 18.0 Å². The van der Waals surface area contributed by atoms with Crippen LogP contribution in [0.2, 0.25) is 0 Å². The van der Waals surface area contributed by atoms with Crippen molar-refractivity contribution in [1.29, 1.82) is 0 Å². The topological polar surface area (TPSA) is 54.0 Å². The number of alkyl halides is 3. The van der Waals surface area contributed by atoms with Crippen LogP contribution in [0.3, 0.4) is 0 Å². The van der Waals surface area contributed by atoms with Crippen molar-refractivity contribution in [3.8, 4) is 0 Å². The number of halogens is 3. The number of benzene rings is 2. The third kappa shape index (κ3) is 5.13. The zero-order valence-electron chi connectivity index (χ0n) is 15.9. The minimum atomic E-state index is -4.54. The molecule has 150 valence electrons. The second-order valence-electron chi connectivity index (χ2n) is 6.64. The third-order valence-electron chi connectivity index (χ3n) is 4.45. The summed E-state index contributed by atoms with van der Waals surface area (Å²) in [6.07, 6.45) is -4.54. The zero-order valence-corrected chi connectivity index (χ0v) is 15.9. The van der Waals surface area contributed by atoms with Crippen molar-refractivity contribution in [3.05, 3.63) is 89.2 Å². The van der Waals surface area contributed by atoms with E-state index in [-0.39, 0.29) is 17.3 Å². The van der Waals surface area contributed by atoms with E-state index in [1.807, 2.05) is 49.4 Å². The number of rotatable bonds is 5. The van der Waals surface area contributed by atoms with Gasteiger partial charge in [-0.3, -0.25) is 4.79 Å². The van der Waals surface area contributed by atoms with Gasteiger partial charge in [0.1, 0.15) is 5.69 Å². The maximum atomic E-state index is 12.7. The first-order chi connectivity index (χ1) is 13.7. The first-order valence-corrected chi connectivity index (χ1v) is 9.02.